The molecule has 0 radical (unpaired) electrons. The van der Waals surface area contributed by atoms with E-state index in [1.807, 2.05) is 14.0 Å². The van der Waals surface area contributed by atoms with Crippen molar-refractivity contribution in [3.8, 4) is 0 Å². The summed E-state index contributed by atoms with van der Waals surface area (Å²) in [6, 6.07) is 0.193. The summed E-state index contributed by atoms with van der Waals surface area (Å²) in [7, 11) is -1.97. The van der Waals surface area contributed by atoms with Gasteiger partial charge in [-0.1, -0.05) is 23.2 Å². The SMILES string of the molecule is CNC(C)Cc1noc(C2(NS(=O)(=O)c3c(C)noc3C)CCCC2)n1. The maximum absolute atomic E-state index is 13.0. The summed E-state index contributed by atoms with van der Waals surface area (Å²) in [5, 5.41) is 10.9. The average molecular weight is 383 g/mol. The maximum atomic E-state index is 13.0. The summed E-state index contributed by atoms with van der Waals surface area (Å²) in [5.74, 6) is 1.14. The van der Waals surface area contributed by atoms with Crippen LogP contribution in [0.1, 0.15) is 55.8 Å². The van der Waals surface area contributed by atoms with Gasteiger partial charge in [0, 0.05) is 12.5 Å². The number of hydrogen-bond donors (Lipinski definition) is 2. The van der Waals surface area contributed by atoms with Gasteiger partial charge in [-0.2, -0.15) is 9.71 Å². The molecule has 2 N–H and O–H groups in total. The molecule has 9 nitrogen and oxygen atoms in total. The van der Waals surface area contributed by atoms with Gasteiger partial charge in [0.1, 0.15) is 16.1 Å². The molecule has 1 atom stereocenters. The van der Waals surface area contributed by atoms with Gasteiger partial charge in [-0.05, 0) is 40.7 Å². The fourth-order valence-corrected chi connectivity index (χ4v) is 5.16. The molecule has 26 heavy (non-hydrogen) atoms. The highest BCUT2D eigenvalue weighted by Crippen LogP contribution is 2.39. The molecule has 2 aromatic rings. The van der Waals surface area contributed by atoms with Crippen molar-refractivity contribution in [3.63, 3.8) is 0 Å². The van der Waals surface area contributed by atoms with Gasteiger partial charge in [0.2, 0.25) is 15.9 Å². The third kappa shape index (κ3) is 3.53. The number of aryl methyl sites for hydroxylation is 2. The highest BCUT2D eigenvalue weighted by atomic mass is 32.2. The largest absolute Gasteiger partial charge is 0.360 e. The van der Waals surface area contributed by atoms with Gasteiger partial charge in [0.25, 0.3) is 0 Å². The zero-order valence-electron chi connectivity index (χ0n) is 15.5. The van der Waals surface area contributed by atoms with Crippen molar-refractivity contribution >= 4 is 10.0 Å². The van der Waals surface area contributed by atoms with E-state index in [9.17, 15) is 8.42 Å². The van der Waals surface area contributed by atoms with Crippen molar-refractivity contribution in [1.82, 2.24) is 25.3 Å². The molecule has 0 aliphatic heterocycles. The standard InChI is InChI=1S/C16H25N5O4S/c1-10(17-4)9-13-18-15(25-20-13)16(7-5-6-8-16)21-26(22,23)14-11(2)19-24-12(14)3/h10,17,21H,5-9H2,1-4H3. The second kappa shape index (κ2) is 7.09. The van der Waals surface area contributed by atoms with Crippen LogP contribution in [0.5, 0.6) is 0 Å². The molecule has 2 heterocycles. The number of hydrogen-bond acceptors (Lipinski definition) is 8. The summed E-state index contributed by atoms with van der Waals surface area (Å²) >= 11 is 0. The van der Waals surface area contributed by atoms with E-state index in [1.165, 1.54) is 0 Å². The lowest BCUT2D eigenvalue weighted by Gasteiger charge is -2.25. The van der Waals surface area contributed by atoms with E-state index in [2.05, 4.69) is 25.3 Å². The Morgan fingerprint density at radius 3 is 2.46 bits per heavy atom. The molecule has 1 aliphatic rings. The predicted octanol–water partition coefficient (Wildman–Crippen LogP) is 1.57. The van der Waals surface area contributed by atoms with E-state index in [0.29, 0.717) is 36.7 Å². The van der Waals surface area contributed by atoms with Crippen molar-refractivity contribution < 1.29 is 17.5 Å². The zero-order valence-corrected chi connectivity index (χ0v) is 16.3. The van der Waals surface area contributed by atoms with E-state index >= 15 is 0 Å². The van der Waals surface area contributed by atoms with Crippen LogP contribution in [0.25, 0.3) is 0 Å². The number of nitrogens with one attached hydrogen (secondary N) is 2. The third-order valence-electron chi connectivity index (χ3n) is 4.88. The number of likely N-dealkylation sites (N-methyl/N-ethyl adjacent to an activating group) is 1. The van der Waals surface area contributed by atoms with Gasteiger partial charge in [0.05, 0.1) is 0 Å². The van der Waals surface area contributed by atoms with Crippen LogP contribution in [0.15, 0.2) is 13.9 Å². The molecule has 0 spiro atoms. The molecular formula is C16H25N5O4S. The van der Waals surface area contributed by atoms with E-state index in [0.717, 1.165) is 12.8 Å². The predicted molar refractivity (Wildman–Crippen MR) is 93.0 cm³/mol. The molecule has 1 saturated carbocycles. The summed E-state index contributed by atoms with van der Waals surface area (Å²) in [5.41, 5.74) is -0.555. The van der Waals surface area contributed by atoms with Gasteiger partial charge in [-0.3, -0.25) is 0 Å². The van der Waals surface area contributed by atoms with Crippen LogP contribution in [-0.4, -0.2) is 36.8 Å². The smallest absolute Gasteiger partial charge is 0.247 e. The Labute approximate surface area is 153 Å². The number of rotatable bonds is 7. The van der Waals surface area contributed by atoms with Gasteiger partial charge in [-0.15, -0.1) is 0 Å². The maximum Gasteiger partial charge on any atom is 0.247 e. The van der Waals surface area contributed by atoms with E-state index in [4.69, 9.17) is 9.05 Å². The second-order valence-electron chi connectivity index (χ2n) is 6.96. The first-order valence-electron chi connectivity index (χ1n) is 8.74. The van der Waals surface area contributed by atoms with Crippen molar-refractivity contribution in [2.24, 2.45) is 0 Å². The lowest BCUT2D eigenvalue weighted by Crippen LogP contribution is -2.44. The summed E-state index contributed by atoms with van der Waals surface area (Å²) in [6.45, 7) is 5.21. The fourth-order valence-electron chi connectivity index (χ4n) is 3.41. The Balaban J connectivity index is 1.92. The minimum absolute atomic E-state index is 0.0762. The molecule has 1 fully saturated rings. The number of sulfonamides is 1. The number of nitrogens with zero attached hydrogens (tertiary/aromatic N) is 3. The van der Waals surface area contributed by atoms with Crippen LogP contribution in [0.4, 0.5) is 0 Å². The Morgan fingerprint density at radius 1 is 1.19 bits per heavy atom. The van der Waals surface area contributed by atoms with E-state index in [-0.39, 0.29) is 16.7 Å². The van der Waals surface area contributed by atoms with Crippen LogP contribution in [-0.2, 0) is 22.0 Å². The molecule has 0 amide bonds. The summed E-state index contributed by atoms with van der Waals surface area (Å²) in [4.78, 5) is 4.56. The first-order valence-corrected chi connectivity index (χ1v) is 10.2. The summed E-state index contributed by atoms with van der Waals surface area (Å²) < 4.78 is 39.3. The molecule has 2 aromatic heterocycles. The van der Waals surface area contributed by atoms with Crippen molar-refractivity contribution in [2.75, 3.05) is 7.05 Å². The molecule has 0 saturated heterocycles. The van der Waals surface area contributed by atoms with Crippen LogP contribution >= 0.6 is 0 Å². The van der Waals surface area contributed by atoms with Crippen LogP contribution in [0.3, 0.4) is 0 Å². The zero-order chi connectivity index (χ0) is 18.9. The van der Waals surface area contributed by atoms with Gasteiger partial charge in [0.15, 0.2) is 11.6 Å². The average Bonchev–Trinajstić information content (AvgIpc) is 3.28. The highest BCUT2D eigenvalue weighted by molar-refractivity contribution is 7.89. The fraction of sp³-hybridized carbons (Fsp3) is 0.688. The molecule has 0 bridgehead atoms. The first kappa shape index (κ1) is 19.0. The minimum atomic E-state index is -3.83. The van der Waals surface area contributed by atoms with Crippen LogP contribution < -0.4 is 10.0 Å². The molecule has 1 aliphatic carbocycles. The minimum Gasteiger partial charge on any atom is -0.360 e. The van der Waals surface area contributed by atoms with Gasteiger partial charge >= 0.3 is 0 Å². The second-order valence-corrected chi connectivity index (χ2v) is 8.58. The van der Waals surface area contributed by atoms with Crippen molar-refractivity contribution in [1.29, 1.82) is 0 Å². The first-order chi connectivity index (χ1) is 12.3. The Hall–Kier alpha value is -1.78. The molecule has 0 aromatic carbocycles. The molecule has 144 valence electrons. The quantitative estimate of drug-likeness (QED) is 0.738. The molecule has 1 unspecified atom stereocenters. The summed E-state index contributed by atoms with van der Waals surface area (Å²) in [6.07, 6.45) is 3.59. The van der Waals surface area contributed by atoms with Crippen molar-refractivity contribution in [2.45, 2.75) is 69.4 Å². The normalized spacial score (nSPS) is 18.3. The van der Waals surface area contributed by atoms with Gasteiger partial charge < -0.3 is 14.4 Å². The van der Waals surface area contributed by atoms with E-state index < -0.39 is 15.6 Å². The van der Waals surface area contributed by atoms with Gasteiger partial charge in [-0.25, -0.2) is 8.42 Å². The lowest BCUT2D eigenvalue weighted by molar-refractivity contribution is 0.264. The lowest BCUT2D eigenvalue weighted by atomic mass is 9.99. The number of aromatic nitrogens is 3. The topological polar surface area (TPSA) is 123 Å². The molecule has 3 rings (SSSR count). The van der Waals surface area contributed by atoms with Crippen LogP contribution in [0, 0.1) is 13.8 Å². The monoisotopic (exact) mass is 383 g/mol. The van der Waals surface area contributed by atoms with Crippen molar-refractivity contribution in [3.05, 3.63) is 23.2 Å². The third-order valence-corrected chi connectivity index (χ3v) is 6.66. The highest BCUT2D eigenvalue weighted by Gasteiger charge is 2.45. The molecule has 10 heteroatoms. The Kier molecular flexibility index (Phi) is 5.18. The van der Waals surface area contributed by atoms with E-state index in [1.54, 1.807) is 13.8 Å². The Morgan fingerprint density at radius 2 is 1.88 bits per heavy atom. The Bertz CT molecular complexity index is 848. The van der Waals surface area contributed by atoms with Crippen LogP contribution in [0.2, 0.25) is 0 Å². The molecular weight excluding hydrogens is 358 g/mol.